The number of aryl methyl sites for hydroxylation is 1. The predicted octanol–water partition coefficient (Wildman–Crippen LogP) is 2.02. The molecule has 0 saturated carbocycles. The Morgan fingerprint density at radius 2 is 2.24 bits per heavy atom. The molecule has 0 radical (unpaired) electrons. The molecule has 0 aromatic heterocycles. The quantitative estimate of drug-likeness (QED) is 0.765. The van der Waals surface area contributed by atoms with E-state index in [1.807, 2.05) is 13.0 Å². The zero-order chi connectivity index (χ0) is 15.6. The zero-order valence-corrected chi connectivity index (χ0v) is 14.1. The fourth-order valence-corrected chi connectivity index (χ4v) is 4.41. The molecule has 4 nitrogen and oxygen atoms in total. The summed E-state index contributed by atoms with van der Waals surface area (Å²) in [5, 5.41) is 0. The summed E-state index contributed by atoms with van der Waals surface area (Å²) in [4.78, 5) is 14.1. The molecule has 21 heavy (non-hydrogen) atoms. The number of hydrogen-bond donors (Lipinski definition) is 0. The molecule has 1 heterocycles. The third-order valence-electron chi connectivity index (χ3n) is 3.58. The minimum Gasteiger partial charge on any atom is -0.323 e. The van der Waals surface area contributed by atoms with Gasteiger partial charge < -0.3 is 4.90 Å². The fourth-order valence-electron chi connectivity index (χ4n) is 2.43. The highest BCUT2D eigenvalue weighted by molar-refractivity contribution is 9.10. The average molecular weight is 370 g/mol. The molecule has 2 rings (SSSR count). The number of rotatable bonds is 3. The standard InChI is InChI=1S/C15H16BrNO3S/c1-3-7-17(13-6-8-21(19,20)10-13)15(18)12-4-5-14(16)11(2)9-12/h1,4-5,9,13H,6-8,10H2,2H3. The normalized spacial score (nSPS) is 20.0. The molecule has 1 aliphatic heterocycles. The molecule has 1 aromatic carbocycles. The lowest BCUT2D eigenvalue weighted by atomic mass is 10.1. The number of sulfone groups is 1. The Bertz CT molecular complexity index is 706. The van der Waals surface area contributed by atoms with E-state index in [9.17, 15) is 13.2 Å². The minimum absolute atomic E-state index is 0.00404. The van der Waals surface area contributed by atoms with Crippen molar-refractivity contribution in [1.29, 1.82) is 0 Å². The van der Waals surface area contributed by atoms with Crippen molar-refractivity contribution >= 4 is 31.7 Å². The molecule has 1 aromatic rings. The number of nitrogens with zero attached hydrogens (tertiary/aromatic N) is 1. The predicted molar refractivity (Wildman–Crippen MR) is 85.8 cm³/mol. The van der Waals surface area contributed by atoms with Crippen molar-refractivity contribution in [2.75, 3.05) is 18.1 Å². The maximum absolute atomic E-state index is 12.6. The number of carbonyl (C=O) groups excluding carboxylic acids is 1. The summed E-state index contributed by atoms with van der Waals surface area (Å²) in [5.74, 6) is 2.35. The van der Waals surface area contributed by atoms with Gasteiger partial charge in [0.2, 0.25) is 0 Å². The van der Waals surface area contributed by atoms with Gasteiger partial charge in [-0.15, -0.1) is 6.42 Å². The lowest BCUT2D eigenvalue weighted by molar-refractivity contribution is 0.0724. The van der Waals surface area contributed by atoms with Crippen molar-refractivity contribution in [2.45, 2.75) is 19.4 Å². The second-order valence-electron chi connectivity index (χ2n) is 5.16. The van der Waals surface area contributed by atoms with Crippen LogP contribution in [-0.4, -0.2) is 43.3 Å². The maximum Gasteiger partial charge on any atom is 0.254 e. The summed E-state index contributed by atoms with van der Waals surface area (Å²) < 4.78 is 24.1. The van der Waals surface area contributed by atoms with Crippen molar-refractivity contribution in [3.05, 3.63) is 33.8 Å². The van der Waals surface area contributed by atoms with E-state index in [-0.39, 0.29) is 30.0 Å². The number of hydrogen-bond acceptors (Lipinski definition) is 3. The summed E-state index contributed by atoms with van der Waals surface area (Å²) in [6, 6.07) is 4.97. The first kappa shape index (κ1) is 16.1. The van der Waals surface area contributed by atoms with E-state index in [0.717, 1.165) is 10.0 Å². The Labute approximate surface area is 133 Å². The van der Waals surface area contributed by atoms with Crippen molar-refractivity contribution in [2.24, 2.45) is 0 Å². The van der Waals surface area contributed by atoms with Crippen molar-refractivity contribution < 1.29 is 13.2 Å². The molecule has 6 heteroatoms. The lowest BCUT2D eigenvalue weighted by Crippen LogP contribution is -2.41. The van der Waals surface area contributed by atoms with Crippen LogP contribution in [0.2, 0.25) is 0 Å². The van der Waals surface area contributed by atoms with E-state index in [1.165, 1.54) is 4.90 Å². The van der Waals surface area contributed by atoms with Gasteiger partial charge in [-0.25, -0.2) is 8.42 Å². The molecule has 112 valence electrons. The number of benzene rings is 1. The Morgan fingerprint density at radius 3 is 2.76 bits per heavy atom. The van der Waals surface area contributed by atoms with Gasteiger partial charge in [0, 0.05) is 16.1 Å². The highest BCUT2D eigenvalue weighted by Crippen LogP contribution is 2.22. The first-order chi connectivity index (χ1) is 9.84. The third-order valence-corrected chi connectivity index (χ3v) is 6.22. The number of terminal acetylenes is 1. The van der Waals surface area contributed by atoms with E-state index < -0.39 is 9.84 Å². The summed E-state index contributed by atoms with van der Waals surface area (Å²) in [7, 11) is -3.06. The first-order valence-corrected chi connectivity index (χ1v) is 9.16. The molecule has 1 atom stereocenters. The second kappa shape index (κ2) is 6.20. The highest BCUT2D eigenvalue weighted by Gasteiger charge is 2.34. The fraction of sp³-hybridized carbons (Fsp3) is 0.400. The second-order valence-corrected chi connectivity index (χ2v) is 8.24. The monoisotopic (exact) mass is 369 g/mol. The van der Waals surface area contributed by atoms with Gasteiger partial charge in [0.15, 0.2) is 9.84 Å². The van der Waals surface area contributed by atoms with Gasteiger partial charge in [-0.05, 0) is 37.1 Å². The smallest absolute Gasteiger partial charge is 0.254 e. The lowest BCUT2D eigenvalue weighted by Gasteiger charge is -2.26. The molecule has 1 aliphatic rings. The SMILES string of the molecule is C#CCN(C(=O)c1ccc(Br)c(C)c1)C1CCS(=O)(=O)C1. The van der Waals surface area contributed by atoms with Crippen LogP contribution in [0.1, 0.15) is 22.3 Å². The van der Waals surface area contributed by atoms with Gasteiger partial charge in [-0.1, -0.05) is 21.9 Å². The first-order valence-electron chi connectivity index (χ1n) is 6.55. The maximum atomic E-state index is 12.6. The van der Waals surface area contributed by atoms with Crippen LogP contribution in [0.3, 0.4) is 0 Å². The zero-order valence-electron chi connectivity index (χ0n) is 11.7. The molecule has 0 bridgehead atoms. The Kier molecular flexibility index (Phi) is 4.74. The van der Waals surface area contributed by atoms with E-state index >= 15 is 0 Å². The molecule has 1 saturated heterocycles. The van der Waals surface area contributed by atoms with E-state index in [2.05, 4.69) is 21.9 Å². The molecular formula is C15H16BrNO3S. The van der Waals surface area contributed by atoms with Crippen LogP contribution >= 0.6 is 15.9 Å². The topological polar surface area (TPSA) is 54.5 Å². The molecule has 0 N–H and O–H groups in total. The average Bonchev–Trinajstić information content (AvgIpc) is 2.78. The van der Waals surface area contributed by atoms with E-state index in [1.54, 1.807) is 12.1 Å². The number of amides is 1. The van der Waals surface area contributed by atoms with Crippen LogP contribution in [0.4, 0.5) is 0 Å². The van der Waals surface area contributed by atoms with Crippen LogP contribution < -0.4 is 0 Å². The summed E-state index contributed by atoms with van der Waals surface area (Å²) >= 11 is 3.39. The Balaban J connectivity index is 2.28. The van der Waals surface area contributed by atoms with Gasteiger partial charge in [0.25, 0.3) is 5.91 Å². The molecule has 1 fully saturated rings. The summed E-state index contributed by atoms with van der Waals surface area (Å²) in [6.07, 6.45) is 5.78. The third kappa shape index (κ3) is 3.66. The van der Waals surface area contributed by atoms with E-state index in [4.69, 9.17) is 6.42 Å². The highest BCUT2D eigenvalue weighted by atomic mass is 79.9. The molecule has 0 spiro atoms. The van der Waals surface area contributed by atoms with Crippen molar-refractivity contribution in [3.8, 4) is 12.3 Å². The minimum atomic E-state index is -3.06. The molecule has 0 aliphatic carbocycles. The largest absolute Gasteiger partial charge is 0.323 e. The Morgan fingerprint density at radius 1 is 1.52 bits per heavy atom. The van der Waals surface area contributed by atoms with Gasteiger partial charge in [-0.3, -0.25) is 4.79 Å². The number of halogens is 1. The van der Waals surface area contributed by atoms with Crippen LogP contribution in [0.5, 0.6) is 0 Å². The van der Waals surface area contributed by atoms with E-state index in [0.29, 0.717) is 12.0 Å². The summed E-state index contributed by atoms with van der Waals surface area (Å²) in [6.45, 7) is 2.01. The van der Waals surface area contributed by atoms with Gasteiger partial charge in [0.05, 0.1) is 18.1 Å². The van der Waals surface area contributed by atoms with Crippen LogP contribution in [0, 0.1) is 19.3 Å². The van der Waals surface area contributed by atoms with Gasteiger partial charge in [-0.2, -0.15) is 0 Å². The van der Waals surface area contributed by atoms with Gasteiger partial charge in [0.1, 0.15) is 0 Å². The van der Waals surface area contributed by atoms with Crippen LogP contribution in [0.25, 0.3) is 0 Å². The number of carbonyl (C=O) groups is 1. The molecular weight excluding hydrogens is 354 g/mol. The van der Waals surface area contributed by atoms with Crippen molar-refractivity contribution in [3.63, 3.8) is 0 Å². The van der Waals surface area contributed by atoms with Crippen LogP contribution in [0.15, 0.2) is 22.7 Å². The molecule has 1 amide bonds. The molecule has 1 unspecified atom stereocenters. The van der Waals surface area contributed by atoms with Crippen LogP contribution in [-0.2, 0) is 9.84 Å². The summed E-state index contributed by atoms with van der Waals surface area (Å²) in [5.41, 5.74) is 1.47. The van der Waals surface area contributed by atoms with Crippen molar-refractivity contribution in [1.82, 2.24) is 4.90 Å². The van der Waals surface area contributed by atoms with Gasteiger partial charge >= 0.3 is 0 Å². The Hall–Kier alpha value is -1.32.